The van der Waals surface area contributed by atoms with Crippen molar-refractivity contribution in [1.29, 1.82) is 0 Å². The summed E-state index contributed by atoms with van der Waals surface area (Å²) in [5.74, 6) is 0.150. The van der Waals surface area contributed by atoms with Crippen molar-refractivity contribution in [1.82, 2.24) is 4.98 Å². The fraction of sp³-hybridized carbons (Fsp3) is 0.400. The van der Waals surface area contributed by atoms with Gasteiger partial charge in [-0.05, 0) is 111 Å². The highest BCUT2D eigenvalue weighted by Gasteiger charge is 2.44. The third-order valence-electron chi connectivity index (χ3n) is 9.38. The quantitative estimate of drug-likeness (QED) is 0.144. The Bertz CT molecular complexity index is 1730. The number of carboxylic acid groups (broad SMARTS) is 1. The van der Waals surface area contributed by atoms with Crippen LogP contribution in [-0.4, -0.2) is 34.7 Å². The van der Waals surface area contributed by atoms with Gasteiger partial charge in [-0.15, -0.1) is 0 Å². The lowest BCUT2D eigenvalue weighted by Crippen LogP contribution is -2.33. The number of aryl methyl sites for hydroxylation is 1. The molecule has 2 aliphatic rings. The van der Waals surface area contributed by atoms with Crippen molar-refractivity contribution in [2.45, 2.75) is 82.4 Å². The van der Waals surface area contributed by atoms with Crippen molar-refractivity contribution in [2.75, 3.05) is 12.4 Å². The van der Waals surface area contributed by atoms with Gasteiger partial charge in [-0.2, -0.15) is 11.8 Å². The third-order valence-corrected chi connectivity index (χ3v) is 11.3. The minimum absolute atomic E-state index is 0.0787. The van der Waals surface area contributed by atoms with Crippen LogP contribution in [0.4, 0.5) is 0 Å². The number of nitrogens with zero attached hydrogens (tertiary/aromatic N) is 1. The highest BCUT2D eigenvalue weighted by Crippen LogP contribution is 2.53. The molecule has 1 aliphatic heterocycles. The number of carbonyl (C=O) groups is 1. The summed E-state index contributed by atoms with van der Waals surface area (Å²) in [6.45, 7) is 5.05. The highest BCUT2D eigenvalue weighted by atomic mass is 35.5. The Balaban J connectivity index is 1.21. The van der Waals surface area contributed by atoms with Gasteiger partial charge in [-0.25, -0.2) is 4.98 Å². The van der Waals surface area contributed by atoms with E-state index in [0.29, 0.717) is 5.02 Å². The maximum Gasteiger partial charge on any atom is 0.303 e. The van der Waals surface area contributed by atoms with Crippen molar-refractivity contribution < 1.29 is 19.4 Å². The molecular formula is C40H44ClNO4S. The summed E-state index contributed by atoms with van der Waals surface area (Å²) >= 11 is 8.12. The molecule has 0 bridgehead atoms. The molecule has 1 aromatic heterocycles. The van der Waals surface area contributed by atoms with Gasteiger partial charge in [0.2, 0.25) is 0 Å². The van der Waals surface area contributed by atoms with E-state index in [-0.39, 0.29) is 23.4 Å². The van der Waals surface area contributed by atoms with Crippen LogP contribution < -0.4 is 0 Å². The maximum atomic E-state index is 11.6. The van der Waals surface area contributed by atoms with Crippen LogP contribution in [0.5, 0.6) is 0 Å². The van der Waals surface area contributed by atoms with Crippen LogP contribution >= 0.6 is 23.4 Å². The molecule has 2 atom stereocenters. The van der Waals surface area contributed by atoms with Crippen LogP contribution in [-0.2, 0) is 26.3 Å². The molecule has 0 spiro atoms. The first-order valence-electron chi connectivity index (χ1n) is 16.7. The van der Waals surface area contributed by atoms with E-state index in [4.69, 9.17) is 26.1 Å². The van der Waals surface area contributed by atoms with Gasteiger partial charge >= 0.3 is 5.97 Å². The van der Waals surface area contributed by atoms with Crippen molar-refractivity contribution >= 4 is 52.4 Å². The molecule has 0 radical (unpaired) electrons. The molecule has 5 nitrogen and oxygen atoms in total. The van der Waals surface area contributed by atoms with Crippen LogP contribution in [0.2, 0.25) is 5.02 Å². The van der Waals surface area contributed by atoms with E-state index in [1.807, 2.05) is 42.1 Å². The van der Waals surface area contributed by atoms with Gasteiger partial charge < -0.3 is 14.6 Å². The predicted molar refractivity (Wildman–Crippen MR) is 194 cm³/mol. The van der Waals surface area contributed by atoms with Crippen LogP contribution in [0.3, 0.4) is 0 Å². The van der Waals surface area contributed by atoms with Crippen LogP contribution in [0.25, 0.3) is 23.1 Å². The van der Waals surface area contributed by atoms with Gasteiger partial charge in [-0.3, -0.25) is 4.79 Å². The van der Waals surface area contributed by atoms with E-state index < -0.39 is 11.6 Å². The number of rotatable bonds is 14. The molecule has 3 aromatic carbocycles. The van der Waals surface area contributed by atoms with Crippen LogP contribution in [0.15, 0.2) is 78.9 Å². The Morgan fingerprint density at radius 2 is 1.91 bits per heavy atom. The summed E-state index contributed by atoms with van der Waals surface area (Å²) in [4.78, 5) is 16.4. The number of aliphatic carboxylic acids is 1. The molecule has 1 saturated heterocycles. The van der Waals surface area contributed by atoms with E-state index >= 15 is 0 Å². The lowest BCUT2D eigenvalue weighted by Gasteiger charge is -2.34. The van der Waals surface area contributed by atoms with E-state index in [0.717, 1.165) is 79.5 Å². The smallest absolute Gasteiger partial charge is 0.303 e. The normalized spacial score (nSPS) is 18.4. The number of hydrogen-bond acceptors (Lipinski definition) is 5. The van der Waals surface area contributed by atoms with E-state index in [1.165, 1.54) is 16.7 Å². The van der Waals surface area contributed by atoms with Crippen molar-refractivity contribution in [3.8, 4) is 0 Å². The number of carboxylic acids is 1. The summed E-state index contributed by atoms with van der Waals surface area (Å²) < 4.78 is 12.5. The Kier molecular flexibility index (Phi) is 10.7. The largest absolute Gasteiger partial charge is 0.481 e. The monoisotopic (exact) mass is 669 g/mol. The Hall–Kier alpha value is -3.16. The first kappa shape index (κ1) is 33.7. The molecule has 6 rings (SSSR count). The third kappa shape index (κ3) is 9.05. The molecule has 4 aromatic rings. The van der Waals surface area contributed by atoms with Crippen molar-refractivity contribution in [3.05, 3.63) is 112 Å². The van der Waals surface area contributed by atoms with Crippen molar-refractivity contribution in [2.24, 2.45) is 5.41 Å². The summed E-state index contributed by atoms with van der Waals surface area (Å²) in [7, 11) is 0. The maximum absolute atomic E-state index is 11.6. The zero-order valence-electron chi connectivity index (χ0n) is 27.3. The van der Waals surface area contributed by atoms with Gasteiger partial charge in [0.05, 0.1) is 23.2 Å². The predicted octanol–water partition coefficient (Wildman–Crippen LogP) is 10.5. The Morgan fingerprint density at radius 1 is 1.09 bits per heavy atom. The molecule has 2 heterocycles. The molecular weight excluding hydrogens is 626 g/mol. The fourth-order valence-electron chi connectivity index (χ4n) is 6.55. The number of halogens is 1. The molecule has 246 valence electrons. The molecule has 1 N–H and O–H groups in total. The first-order chi connectivity index (χ1) is 22.7. The first-order valence-corrected chi connectivity index (χ1v) is 18.2. The summed E-state index contributed by atoms with van der Waals surface area (Å²) in [5, 5.41) is 11.5. The van der Waals surface area contributed by atoms with Gasteiger partial charge in [0.1, 0.15) is 0 Å². The van der Waals surface area contributed by atoms with E-state index in [1.54, 1.807) is 0 Å². The van der Waals surface area contributed by atoms with Crippen LogP contribution in [0, 0.1) is 5.41 Å². The summed E-state index contributed by atoms with van der Waals surface area (Å²) in [6, 6.07) is 27.2. The zero-order chi connectivity index (χ0) is 32.9. The Morgan fingerprint density at radius 3 is 2.70 bits per heavy atom. The van der Waals surface area contributed by atoms with E-state index in [9.17, 15) is 9.90 Å². The second kappa shape index (κ2) is 14.9. The lowest BCUT2D eigenvalue weighted by molar-refractivity contribution is -0.219. The highest BCUT2D eigenvalue weighted by molar-refractivity contribution is 7.99. The summed E-state index contributed by atoms with van der Waals surface area (Å²) in [6.07, 6.45) is 11.2. The van der Waals surface area contributed by atoms with Crippen LogP contribution in [0.1, 0.15) is 92.0 Å². The van der Waals surface area contributed by atoms with Gasteiger partial charge in [0.25, 0.3) is 0 Å². The van der Waals surface area contributed by atoms with Gasteiger partial charge in [0.15, 0.2) is 6.29 Å². The minimum Gasteiger partial charge on any atom is -0.481 e. The molecule has 1 aliphatic carbocycles. The van der Waals surface area contributed by atoms with Gasteiger partial charge in [-0.1, -0.05) is 78.3 Å². The number of ether oxygens (including phenoxy) is 2. The number of aromatic nitrogens is 1. The number of thioether (sulfide) groups is 1. The second-order valence-electron chi connectivity index (χ2n) is 13.6. The Labute approximate surface area is 287 Å². The second-order valence-corrected chi connectivity index (χ2v) is 15.2. The number of hydrogen-bond donors (Lipinski definition) is 1. The number of benzene rings is 3. The lowest BCUT2D eigenvalue weighted by atomic mass is 9.89. The standard InChI is InChI=1S/C40H44ClNO4S/c1-39(2,46-38-12-5-6-23-45-38)34-11-4-3-9-29(34)16-20-36(47-27-40(21-22-40)26-37(43)44)31-10-7-8-28(24-31)13-18-33-19-15-30-14-17-32(41)25-35(30)42-33/h3-4,7-11,13-15,17-19,24-25,36,38H,5-6,12,16,20-23,26-27H2,1-2H3,(H,43,44)/b18-13+/t36-,38?/m1/s1. The SMILES string of the molecule is CC(C)(OC1CCCCO1)c1ccccc1CC[C@@H](SCC1(CC(=O)O)CC1)c1cccc(/C=C/c2ccc3ccc(Cl)cc3n2)c1. The van der Waals surface area contributed by atoms with Crippen molar-refractivity contribution in [3.63, 3.8) is 0 Å². The molecule has 47 heavy (non-hydrogen) atoms. The topological polar surface area (TPSA) is 68.7 Å². The average molecular weight is 670 g/mol. The van der Waals surface area contributed by atoms with E-state index in [2.05, 4.69) is 74.5 Å². The fourth-order valence-corrected chi connectivity index (χ4v) is 8.28. The average Bonchev–Trinajstić information content (AvgIpc) is 3.82. The molecule has 0 amide bonds. The summed E-state index contributed by atoms with van der Waals surface area (Å²) in [5.41, 5.74) is 6.03. The number of fused-ring (bicyclic) bond motifs is 1. The molecule has 1 saturated carbocycles. The molecule has 2 fully saturated rings. The molecule has 1 unspecified atom stereocenters. The molecule has 7 heteroatoms. The zero-order valence-corrected chi connectivity index (χ0v) is 28.9. The number of pyridine rings is 1. The van der Waals surface area contributed by atoms with Gasteiger partial charge in [0, 0.05) is 28.0 Å². The minimum atomic E-state index is -0.700.